The number of piperazine rings is 1. The van der Waals surface area contributed by atoms with Gasteiger partial charge in [-0.25, -0.2) is 17.5 Å². The van der Waals surface area contributed by atoms with Crippen LogP contribution >= 0.6 is 0 Å². The summed E-state index contributed by atoms with van der Waals surface area (Å²) in [5.74, 6) is 0.350. The minimum atomic E-state index is -3.59. The second-order valence-electron chi connectivity index (χ2n) is 9.53. The summed E-state index contributed by atoms with van der Waals surface area (Å²) in [5.41, 5.74) is 2.75. The molecule has 1 atom stereocenters. The fourth-order valence-electron chi connectivity index (χ4n) is 4.82. The van der Waals surface area contributed by atoms with Gasteiger partial charge in [0, 0.05) is 49.5 Å². The van der Waals surface area contributed by atoms with Crippen LogP contribution in [0.3, 0.4) is 0 Å². The van der Waals surface area contributed by atoms with Gasteiger partial charge in [0.15, 0.2) is 0 Å². The maximum absolute atomic E-state index is 13.3. The lowest BCUT2D eigenvalue weighted by atomic mass is 10.1. The largest absolute Gasteiger partial charge is 0.369 e. The third-order valence-corrected chi connectivity index (χ3v) is 8.88. The minimum absolute atomic E-state index is 0.182. The fraction of sp³-hybridized carbons (Fsp3) is 0.360. The molecule has 2 aromatic carbocycles. The summed E-state index contributed by atoms with van der Waals surface area (Å²) in [4.78, 5) is 2.48. The highest BCUT2D eigenvalue weighted by atomic mass is 32.2. The molecule has 0 amide bonds. The summed E-state index contributed by atoms with van der Waals surface area (Å²) in [6.45, 7) is 4.33. The van der Waals surface area contributed by atoms with Gasteiger partial charge in [-0.1, -0.05) is 0 Å². The molecule has 0 spiro atoms. The van der Waals surface area contributed by atoms with Crippen molar-refractivity contribution in [2.24, 2.45) is 5.92 Å². The van der Waals surface area contributed by atoms with E-state index in [0.717, 1.165) is 28.8 Å². The Balaban J connectivity index is 1.19. The first-order chi connectivity index (χ1) is 16.9. The highest BCUT2D eigenvalue weighted by Crippen LogP contribution is 2.31. The normalized spacial score (nSPS) is 19.5. The summed E-state index contributed by atoms with van der Waals surface area (Å²) in [7, 11) is -3.59. The van der Waals surface area contributed by atoms with Crippen LogP contribution in [0.2, 0.25) is 0 Å². The second-order valence-corrected chi connectivity index (χ2v) is 11.4. The summed E-state index contributed by atoms with van der Waals surface area (Å²) in [5, 5.41) is 9.72. The summed E-state index contributed by atoms with van der Waals surface area (Å²) in [6, 6.07) is 12.2. The van der Waals surface area contributed by atoms with Gasteiger partial charge in [-0.2, -0.15) is 14.5 Å². The monoisotopic (exact) mass is 494 g/mol. The van der Waals surface area contributed by atoms with Crippen LogP contribution in [0.4, 0.5) is 10.1 Å². The molecule has 1 aliphatic carbocycles. The van der Waals surface area contributed by atoms with E-state index in [1.165, 1.54) is 31.2 Å². The Kier molecular flexibility index (Phi) is 5.37. The molecule has 1 saturated carbocycles. The van der Waals surface area contributed by atoms with Crippen LogP contribution in [0, 0.1) is 11.7 Å². The van der Waals surface area contributed by atoms with Crippen molar-refractivity contribution < 1.29 is 12.8 Å². The molecular weight excluding hydrogens is 467 g/mol. The van der Waals surface area contributed by atoms with Crippen LogP contribution in [0.5, 0.6) is 0 Å². The van der Waals surface area contributed by atoms with Crippen LogP contribution in [-0.4, -0.2) is 58.0 Å². The highest BCUT2D eigenvalue weighted by Gasteiger charge is 2.35. The number of fused-ring (bicyclic) bond motifs is 1. The van der Waals surface area contributed by atoms with Gasteiger partial charge in [-0.15, -0.1) is 0 Å². The SMILES string of the molecule is C[C@@H]1CN(c2ccc3c(cnn3-c3ccc(F)cc3)c2)CCN1S(=O)(=O)c1cnn(CC2CC2)c1. The molecule has 35 heavy (non-hydrogen) atoms. The van der Waals surface area contributed by atoms with Crippen molar-refractivity contribution in [3.05, 3.63) is 66.9 Å². The number of sulfonamides is 1. The lowest BCUT2D eigenvalue weighted by Crippen LogP contribution is -2.53. The van der Waals surface area contributed by atoms with E-state index in [0.29, 0.717) is 25.6 Å². The Labute approximate surface area is 203 Å². The molecule has 0 radical (unpaired) electrons. The van der Waals surface area contributed by atoms with Crippen molar-refractivity contribution >= 4 is 26.6 Å². The van der Waals surface area contributed by atoms with Gasteiger partial charge in [0.25, 0.3) is 0 Å². The van der Waals surface area contributed by atoms with E-state index in [-0.39, 0.29) is 16.8 Å². The van der Waals surface area contributed by atoms with Crippen molar-refractivity contribution in [1.29, 1.82) is 0 Å². The molecule has 4 aromatic rings. The van der Waals surface area contributed by atoms with Gasteiger partial charge in [0.05, 0.1) is 23.6 Å². The number of halogens is 1. The van der Waals surface area contributed by atoms with Crippen molar-refractivity contribution in [2.75, 3.05) is 24.5 Å². The first-order valence-corrected chi connectivity index (χ1v) is 13.4. The number of aromatic nitrogens is 4. The van der Waals surface area contributed by atoms with Gasteiger partial charge >= 0.3 is 0 Å². The zero-order valence-corrected chi connectivity index (χ0v) is 20.3. The number of nitrogens with zero attached hydrogens (tertiary/aromatic N) is 6. The summed E-state index contributed by atoms with van der Waals surface area (Å²) < 4.78 is 45.0. The van der Waals surface area contributed by atoms with E-state index in [4.69, 9.17) is 0 Å². The molecule has 0 N–H and O–H groups in total. The Bertz CT molecular complexity index is 1480. The Morgan fingerprint density at radius 1 is 1.00 bits per heavy atom. The van der Waals surface area contributed by atoms with Crippen molar-refractivity contribution in [2.45, 2.75) is 37.2 Å². The van der Waals surface area contributed by atoms with E-state index in [1.807, 2.05) is 19.1 Å². The maximum atomic E-state index is 13.3. The van der Waals surface area contributed by atoms with E-state index in [9.17, 15) is 12.8 Å². The lowest BCUT2D eigenvalue weighted by molar-refractivity contribution is 0.306. The van der Waals surface area contributed by atoms with Crippen LogP contribution in [-0.2, 0) is 16.6 Å². The quantitative estimate of drug-likeness (QED) is 0.409. The molecule has 1 saturated heterocycles. The van der Waals surface area contributed by atoms with Crippen LogP contribution < -0.4 is 4.90 Å². The Morgan fingerprint density at radius 3 is 2.51 bits per heavy atom. The number of anilines is 1. The maximum Gasteiger partial charge on any atom is 0.246 e. The predicted octanol–water partition coefficient (Wildman–Crippen LogP) is 3.67. The van der Waals surface area contributed by atoms with E-state index >= 15 is 0 Å². The lowest BCUT2D eigenvalue weighted by Gasteiger charge is -2.39. The molecule has 1 aliphatic heterocycles. The molecule has 2 aliphatic rings. The topological polar surface area (TPSA) is 76.3 Å². The number of benzene rings is 2. The molecule has 0 bridgehead atoms. The van der Waals surface area contributed by atoms with E-state index in [2.05, 4.69) is 21.2 Å². The van der Waals surface area contributed by atoms with Crippen LogP contribution in [0.1, 0.15) is 19.8 Å². The second kappa shape index (κ2) is 8.46. The highest BCUT2D eigenvalue weighted by molar-refractivity contribution is 7.89. The van der Waals surface area contributed by atoms with Crippen LogP contribution in [0.25, 0.3) is 16.6 Å². The van der Waals surface area contributed by atoms with Crippen molar-refractivity contribution in [1.82, 2.24) is 23.9 Å². The Morgan fingerprint density at radius 2 is 1.77 bits per heavy atom. The average molecular weight is 495 g/mol. The number of rotatable bonds is 6. The molecule has 10 heteroatoms. The zero-order valence-electron chi connectivity index (χ0n) is 19.5. The molecule has 2 aromatic heterocycles. The minimum Gasteiger partial charge on any atom is -0.369 e. The van der Waals surface area contributed by atoms with Crippen molar-refractivity contribution in [3.8, 4) is 5.69 Å². The average Bonchev–Trinajstić information content (AvgIpc) is 3.36. The van der Waals surface area contributed by atoms with E-state index in [1.54, 1.807) is 38.2 Å². The number of hydrogen-bond acceptors (Lipinski definition) is 5. The zero-order chi connectivity index (χ0) is 24.2. The van der Waals surface area contributed by atoms with Gasteiger partial charge in [-0.3, -0.25) is 4.68 Å². The van der Waals surface area contributed by atoms with Crippen LogP contribution in [0.15, 0.2) is 66.0 Å². The number of hydrogen-bond donors (Lipinski definition) is 0. The predicted molar refractivity (Wildman–Crippen MR) is 132 cm³/mol. The van der Waals surface area contributed by atoms with Gasteiger partial charge in [-0.05, 0) is 68.1 Å². The third kappa shape index (κ3) is 4.21. The first-order valence-electron chi connectivity index (χ1n) is 11.9. The molecule has 182 valence electrons. The van der Waals surface area contributed by atoms with Gasteiger partial charge in [0.1, 0.15) is 10.7 Å². The van der Waals surface area contributed by atoms with Gasteiger partial charge in [0.2, 0.25) is 10.0 Å². The summed E-state index contributed by atoms with van der Waals surface area (Å²) >= 11 is 0. The molecular formula is C25H27FN6O2S. The summed E-state index contributed by atoms with van der Waals surface area (Å²) in [6.07, 6.45) is 7.33. The molecule has 6 rings (SSSR count). The molecule has 3 heterocycles. The first kappa shape index (κ1) is 22.2. The van der Waals surface area contributed by atoms with Gasteiger partial charge < -0.3 is 4.90 Å². The standard InChI is InChI=1S/C25H27FN6O2S/c1-18-15-29(10-11-31(18)35(33,34)24-14-27-30(17-24)16-19-2-3-19)23-8-9-25-20(12-23)13-28-32(25)22-6-4-21(26)5-7-22/h4-9,12-14,17-19H,2-3,10-11,15-16H2,1H3/t18-/m1/s1. The molecule has 8 nitrogen and oxygen atoms in total. The molecule has 0 unspecified atom stereocenters. The van der Waals surface area contributed by atoms with Crippen molar-refractivity contribution in [3.63, 3.8) is 0 Å². The fourth-order valence-corrected chi connectivity index (χ4v) is 6.38. The molecule has 2 fully saturated rings. The Hall–Kier alpha value is -3.24. The van der Waals surface area contributed by atoms with E-state index < -0.39 is 10.0 Å². The third-order valence-electron chi connectivity index (χ3n) is 6.91. The smallest absolute Gasteiger partial charge is 0.246 e.